The summed E-state index contributed by atoms with van der Waals surface area (Å²) in [5.41, 5.74) is 8.22. The molecule has 3 heteroatoms. The van der Waals surface area contributed by atoms with Crippen LogP contribution in [0.5, 0.6) is 0 Å². The van der Waals surface area contributed by atoms with Crippen molar-refractivity contribution in [2.45, 2.75) is 0 Å². The molecule has 0 bridgehead atoms. The van der Waals surface area contributed by atoms with Crippen LogP contribution in [0, 0.1) is 0 Å². The predicted octanol–water partition coefficient (Wildman–Crippen LogP) is 8.40. The molecule has 0 spiro atoms. The average Bonchev–Trinajstić information content (AvgIpc) is 3.57. The van der Waals surface area contributed by atoms with Crippen LogP contribution in [0.4, 0.5) is 0 Å². The summed E-state index contributed by atoms with van der Waals surface area (Å²) < 4.78 is 4.55. The van der Waals surface area contributed by atoms with Crippen LogP contribution in [0.1, 0.15) is 0 Å². The van der Waals surface area contributed by atoms with E-state index in [0.717, 1.165) is 5.65 Å². The number of benzene rings is 5. The summed E-state index contributed by atoms with van der Waals surface area (Å²) in [4.78, 5) is 4.62. The maximum atomic E-state index is 4.62. The lowest BCUT2D eigenvalue weighted by molar-refractivity contribution is 1.18. The second kappa shape index (κ2) is 7.30. The van der Waals surface area contributed by atoms with E-state index in [4.69, 9.17) is 0 Å². The van der Waals surface area contributed by atoms with Crippen LogP contribution in [0.15, 0.2) is 128 Å². The summed E-state index contributed by atoms with van der Waals surface area (Å²) in [5.74, 6) is 0. The lowest BCUT2D eigenvalue weighted by Crippen LogP contribution is -1.94. The van der Waals surface area contributed by atoms with E-state index in [1.165, 1.54) is 60.3 Å². The molecular formula is C33H21N3. The minimum Gasteiger partial charge on any atom is -0.309 e. The van der Waals surface area contributed by atoms with Crippen molar-refractivity contribution in [3.8, 4) is 16.8 Å². The highest BCUT2D eigenvalue weighted by Crippen LogP contribution is 2.34. The summed E-state index contributed by atoms with van der Waals surface area (Å²) >= 11 is 0. The first-order valence-corrected chi connectivity index (χ1v) is 12.2. The number of pyridine rings is 1. The van der Waals surface area contributed by atoms with Gasteiger partial charge in [0.25, 0.3) is 0 Å². The van der Waals surface area contributed by atoms with Gasteiger partial charge in [-0.1, -0.05) is 78.9 Å². The standard InChI is InChI=1S/C33H21N3/c1-2-10-28-25(7-1)29-21-23(15-18-30(29)35-20-19-34-33(28)35)22-13-16-24(17-14-22)36-31-11-5-3-8-26(31)27-9-4-6-12-32(27)36/h1-21H. The smallest absolute Gasteiger partial charge is 0.145 e. The van der Waals surface area contributed by atoms with E-state index >= 15 is 0 Å². The van der Waals surface area contributed by atoms with Gasteiger partial charge in [-0.05, 0) is 52.9 Å². The number of hydrogen-bond donors (Lipinski definition) is 0. The van der Waals surface area contributed by atoms with Crippen molar-refractivity contribution >= 4 is 49.1 Å². The molecule has 5 aromatic carbocycles. The van der Waals surface area contributed by atoms with Crippen LogP contribution >= 0.6 is 0 Å². The molecule has 0 aliphatic rings. The van der Waals surface area contributed by atoms with Crippen LogP contribution in [-0.2, 0) is 0 Å². The molecule has 168 valence electrons. The molecule has 0 saturated heterocycles. The Hall–Kier alpha value is -4.89. The van der Waals surface area contributed by atoms with Gasteiger partial charge >= 0.3 is 0 Å². The number of imidazole rings is 1. The van der Waals surface area contributed by atoms with Gasteiger partial charge in [0.05, 0.1) is 16.6 Å². The fraction of sp³-hybridized carbons (Fsp3) is 0. The molecule has 3 aromatic heterocycles. The highest BCUT2D eigenvalue weighted by Gasteiger charge is 2.13. The van der Waals surface area contributed by atoms with Crippen molar-refractivity contribution in [1.82, 2.24) is 14.0 Å². The van der Waals surface area contributed by atoms with Crippen LogP contribution in [-0.4, -0.2) is 14.0 Å². The van der Waals surface area contributed by atoms with Gasteiger partial charge in [0.1, 0.15) is 5.65 Å². The molecule has 0 saturated carbocycles. The van der Waals surface area contributed by atoms with Gasteiger partial charge in [0, 0.05) is 39.6 Å². The van der Waals surface area contributed by atoms with E-state index in [1.807, 2.05) is 12.4 Å². The second-order valence-corrected chi connectivity index (χ2v) is 9.31. The Morgan fingerprint density at radius 1 is 0.472 bits per heavy atom. The van der Waals surface area contributed by atoms with Gasteiger partial charge in [0.2, 0.25) is 0 Å². The van der Waals surface area contributed by atoms with Crippen LogP contribution in [0.3, 0.4) is 0 Å². The SMILES string of the molecule is c1ccc2c(c1)c1cc(-c3ccc(-n4c5ccccc5c5ccccc54)cc3)ccc1n1ccnc21. The average molecular weight is 460 g/mol. The Labute approximate surface area is 207 Å². The first-order chi connectivity index (χ1) is 17.9. The summed E-state index contributed by atoms with van der Waals surface area (Å²) in [6, 6.07) is 41.5. The summed E-state index contributed by atoms with van der Waals surface area (Å²) in [6.45, 7) is 0. The van der Waals surface area contributed by atoms with Crippen molar-refractivity contribution in [2.75, 3.05) is 0 Å². The molecule has 0 amide bonds. The molecule has 0 atom stereocenters. The van der Waals surface area contributed by atoms with E-state index in [0.29, 0.717) is 0 Å². The number of rotatable bonds is 2. The first kappa shape index (κ1) is 19.4. The molecule has 0 aliphatic heterocycles. The lowest BCUT2D eigenvalue weighted by Gasteiger charge is -2.12. The van der Waals surface area contributed by atoms with Crippen LogP contribution in [0.25, 0.3) is 65.9 Å². The van der Waals surface area contributed by atoms with Gasteiger partial charge in [0.15, 0.2) is 0 Å². The molecule has 8 rings (SSSR count). The van der Waals surface area contributed by atoms with E-state index in [9.17, 15) is 0 Å². The molecule has 3 heterocycles. The molecular weight excluding hydrogens is 438 g/mol. The third-order valence-electron chi connectivity index (χ3n) is 7.39. The Bertz CT molecular complexity index is 2040. The number of para-hydroxylation sites is 2. The van der Waals surface area contributed by atoms with Crippen LogP contribution in [0.2, 0.25) is 0 Å². The summed E-state index contributed by atoms with van der Waals surface area (Å²) in [5, 5.41) is 6.21. The van der Waals surface area contributed by atoms with E-state index in [-0.39, 0.29) is 0 Å². The lowest BCUT2D eigenvalue weighted by atomic mass is 9.99. The largest absolute Gasteiger partial charge is 0.309 e. The highest BCUT2D eigenvalue weighted by atomic mass is 15.0. The van der Waals surface area contributed by atoms with Gasteiger partial charge in [-0.2, -0.15) is 0 Å². The number of nitrogens with zero attached hydrogens (tertiary/aromatic N) is 3. The highest BCUT2D eigenvalue weighted by molar-refractivity contribution is 6.12. The fourth-order valence-electron chi connectivity index (χ4n) is 5.76. The zero-order valence-corrected chi connectivity index (χ0v) is 19.5. The number of hydrogen-bond acceptors (Lipinski definition) is 1. The molecule has 8 aromatic rings. The zero-order chi connectivity index (χ0) is 23.6. The Morgan fingerprint density at radius 2 is 1.08 bits per heavy atom. The Kier molecular flexibility index (Phi) is 3.94. The van der Waals surface area contributed by atoms with E-state index in [1.54, 1.807) is 0 Å². The fourth-order valence-corrected chi connectivity index (χ4v) is 5.76. The minimum atomic E-state index is 1.00. The Morgan fingerprint density at radius 3 is 1.81 bits per heavy atom. The van der Waals surface area contributed by atoms with Crippen molar-refractivity contribution in [3.63, 3.8) is 0 Å². The third-order valence-corrected chi connectivity index (χ3v) is 7.39. The van der Waals surface area contributed by atoms with E-state index < -0.39 is 0 Å². The molecule has 0 radical (unpaired) electrons. The van der Waals surface area contributed by atoms with Gasteiger partial charge in [-0.15, -0.1) is 0 Å². The van der Waals surface area contributed by atoms with E-state index in [2.05, 4.69) is 129 Å². The quantitative estimate of drug-likeness (QED) is 0.238. The summed E-state index contributed by atoms with van der Waals surface area (Å²) in [7, 11) is 0. The van der Waals surface area contributed by atoms with Gasteiger partial charge < -0.3 is 4.57 Å². The first-order valence-electron chi connectivity index (χ1n) is 12.2. The normalized spacial score (nSPS) is 11.9. The van der Waals surface area contributed by atoms with Crippen molar-refractivity contribution in [1.29, 1.82) is 0 Å². The van der Waals surface area contributed by atoms with Crippen LogP contribution < -0.4 is 0 Å². The molecule has 0 aliphatic carbocycles. The van der Waals surface area contributed by atoms with Gasteiger partial charge in [-0.25, -0.2) is 4.98 Å². The predicted molar refractivity (Wildman–Crippen MR) is 150 cm³/mol. The Balaban J connectivity index is 1.31. The zero-order valence-electron chi connectivity index (χ0n) is 19.5. The third kappa shape index (κ3) is 2.65. The van der Waals surface area contributed by atoms with Crippen molar-refractivity contribution in [3.05, 3.63) is 128 Å². The van der Waals surface area contributed by atoms with Gasteiger partial charge in [-0.3, -0.25) is 4.40 Å². The second-order valence-electron chi connectivity index (χ2n) is 9.31. The molecule has 0 N–H and O–H groups in total. The maximum absolute atomic E-state index is 4.62. The summed E-state index contributed by atoms with van der Waals surface area (Å²) in [6.07, 6.45) is 3.92. The molecule has 0 fully saturated rings. The number of fused-ring (bicyclic) bond motifs is 9. The molecule has 3 nitrogen and oxygen atoms in total. The molecule has 0 unspecified atom stereocenters. The van der Waals surface area contributed by atoms with Crippen molar-refractivity contribution in [2.24, 2.45) is 0 Å². The minimum absolute atomic E-state index is 1.00. The monoisotopic (exact) mass is 459 g/mol. The topological polar surface area (TPSA) is 22.2 Å². The molecule has 36 heavy (non-hydrogen) atoms. The number of aromatic nitrogens is 3. The van der Waals surface area contributed by atoms with Crippen molar-refractivity contribution < 1.29 is 0 Å². The maximum Gasteiger partial charge on any atom is 0.145 e.